The summed E-state index contributed by atoms with van der Waals surface area (Å²) in [5.74, 6) is 1.91. The van der Waals surface area contributed by atoms with Gasteiger partial charge in [-0.1, -0.05) is 6.92 Å². The number of nitrogens with zero attached hydrogens (tertiary/aromatic N) is 3. The Hall–Kier alpha value is -1.32. The highest BCUT2D eigenvalue weighted by Gasteiger charge is 2.09. The van der Waals surface area contributed by atoms with E-state index in [1.165, 1.54) is 0 Å². The highest BCUT2D eigenvalue weighted by atomic mass is 15.2. The zero-order chi connectivity index (χ0) is 9.84. The van der Waals surface area contributed by atoms with Crippen molar-refractivity contribution in [3.05, 3.63) is 11.9 Å². The number of aromatic nitrogens is 2. The van der Waals surface area contributed by atoms with E-state index in [1.54, 1.807) is 6.33 Å². The van der Waals surface area contributed by atoms with Gasteiger partial charge in [-0.05, 0) is 6.42 Å². The van der Waals surface area contributed by atoms with Gasteiger partial charge in [-0.15, -0.1) is 0 Å². The van der Waals surface area contributed by atoms with Crippen molar-refractivity contribution in [1.82, 2.24) is 9.97 Å². The fourth-order valence-electron chi connectivity index (χ4n) is 1.33. The molecule has 13 heavy (non-hydrogen) atoms. The van der Waals surface area contributed by atoms with Gasteiger partial charge in [-0.2, -0.15) is 0 Å². The molecule has 0 aliphatic heterocycles. The van der Waals surface area contributed by atoms with Gasteiger partial charge >= 0.3 is 0 Å². The van der Waals surface area contributed by atoms with E-state index in [-0.39, 0.29) is 0 Å². The van der Waals surface area contributed by atoms with E-state index < -0.39 is 0 Å². The van der Waals surface area contributed by atoms with Gasteiger partial charge in [0.2, 0.25) is 0 Å². The van der Waals surface area contributed by atoms with Crippen LogP contribution in [0.1, 0.15) is 12.5 Å². The summed E-state index contributed by atoms with van der Waals surface area (Å²) in [6.45, 7) is 2.10. The summed E-state index contributed by atoms with van der Waals surface area (Å²) >= 11 is 0. The molecule has 0 radical (unpaired) electrons. The van der Waals surface area contributed by atoms with Gasteiger partial charge in [0.05, 0.1) is 0 Å². The Morgan fingerprint density at radius 2 is 2.08 bits per heavy atom. The lowest BCUT2D eigenvalue weighted by atomic mass is 10.2. The molecule has 0 aliphatic carbocycles. The standard InChI is InChI=1S/C9H16N4/c1-5-7-8(10-2)11-6-12-9(7)13(3)4/h6H,5H2,1-4H3,(H,10,11,12). The van der Waals surface area contributed by atoms with E-state index in [0.29, 0.717) is 0 Å². The molecule has 0 atom stereocenters. The van der Waals surface area contributed by atoms with Crippen molar-refractivity contribution in [3.63, 3.8) is 0 Å². The van der Waals surface area contributed by atoms with Crippen molar-refractivity contribution < 1.29 is 0 Å². The normalized spacial score (nSPS) is 9.85. The SMILES string of the molecule is CCc1c(NC)ncnc1N(C)C. The van der Waals surface area contributed by atoms with Crippen molar-refractivity contribution in [1.29, 1.82) is 0 Å². The van der Waals surface area contributed by atoms with Crippen LogP contribution in [-0.4, -0.2) is 31.1 Å². The number of anilines is 2. The lowest BCUT2D eigenvalue weighted by molar-refractivity contribution is 0.976. The molecule has 1 aromatic rings. The van der Waals surface area contributed by atoms with Gasteiger partial charge in [0.1, 0.15) is 18.0 Å². The molecule has 0 saturated heterocycles. The number of hydrogen-bond donors (Lipinski definition) is 1. The van der Waals surface area contributed by atoms with Gasteiger partial charge in [-0.25, -0.2) is 9.97 Å². The molecule has 72 valence electrons. The molecule has 0 bridgehead atoms. The first-order valence-electron chi connectivity index (χ1n) is 4.39. The smallest absolute Gasteiger partial charge is 0.136 e. The topological polar surface area (TPSA) is 41.1 Å². The molecule has 0 aliphatic rings. The summed E-state index contributed by atoms with van der Waals surface area (Å²) in [5, 5.41) is 3.06. The summed E-state index contributed by atoms with van der Waals surface area (Å²) in [7, 11) is 5.85. The molecule has 0 aromatic carbocycles. The minimum absolute atomic E-state index is 0.918. The minimum Gasteiger partial charge on any atom is -0.373 e. The maximum Gasteiger partial charge on any atom is 0.136 e. The molecule has 1 aromatic heterocycles. The summed E-state index contributed by atoms with van der Waals surface area (Å²) in [6, 6.07) is 0. The molecular weight excluding hydrogens is 164 g/mol. The average Bonchev–Trinajstić information content (AvgIpc) is 2.16. The van der Waals surface area contributed by atoms with Crippen LogP contribution in [0.15, 0.2) is 6.33 Å². The third-order valence-corrected chi connectivity index (χ3v) is 1.94. The maximum absolute atomic E-state index is 4.23. The van der Waals surface area contributed by atoms with E-state index in [9.17, 15) is 0 Å². The Labute approximate surface area is 79.0 Å². The van der Waals surface area contributed by atoms with Crippen molar-refractivity contribution in [2.24, 2.45) is 0 Å². The summed E-state index contributed by atoms with van der Waals surface area (Å²) < 4.78 is 0. The Morgan fingerprint density at radius 3 is 2.54 bits per heavy atom. The highest BCUT2D eigenvalue weighted by Crippen LogP contribution is 2.21. The number of rotatable bonds is 3. The molecule has 0 amide bonds. The second-order valence-electron chi connectivity index (χ2n) is 3.02. The van der Waals surface area contributed by atoms with Crippen molar-refractivity contribution in [3.8, 4) is 0 Å². The summed E-state index contributed by atoms with van der Waals surface area (Å²) in [5.41, 5.74) is 1.16. The zero-order valence-corrected chi connectivity index (χ0v) is 8.63. The van der Waals surface area contributed by atoms with E-state index in [4.69, 9.17) is 0 Å². The van der Waals surface area contributed by atoms with Crippen LogP contribution in [0.25, 0.3) is 0 Å². The fraction of sp³-hybridized carbons (Fsp3) is 0.556. The Morgan fingerprint density at radius 1 is 1.38 bits per heavy atom. The monoisotopic (exact) mass is 180 g/mol. The number of hydrogen-bond acceptors (Lipinski definition) is 4. The Balaban J connectivity index is 3.19. The van der Waals surface area contributed by atoms with Gasteiger partial charge in [0.25, 0.3) is 0 Å². The van der Waals surface area contributed by atoms with E-state index >= 15 is 0 Å². The van der Waals surface area contributed by atoms with Crippen LogP contribution in [0.5, 0.6) is 0 Å². The third kappa shape index (κ3) is 1.88. The first-order chi connectivity index (χ1) is 6.20. The van der Waals surface area contributed by atoms with E-state index in [0.717, 1.165) is 23.6 Å². The summed E-state index contributed by atoms with van der Waals surface area (Å²) in [4.78, 5) is 10.4. The highest BCUT2D eigenvalue weighted by molar-refractivity contribution is 5.57. The van der Waals surface area contributed by atoms with Crippen molar-refractivity contribution in [2.75, 3.05) is 31.4 Å². The molecule has 4 heteroatoms. The van der Waals surface area contributed by atoms with Gasteiger partial charge in [-0.3, -0.25) is 0 Å². The molecular formula is C9H16N4. The Kier molecular flexibility index (Phi) is 3.06. The molecule has 1 N–H and O–H groups in total. The molecule has 0 saturated carbocycles. The van der Waals surface area contributed by atoms with Gasteiger partial charge < -0.3 is 10.2 Å². The minimum atomic E-state index is 0.918. The van der Waals surface area contributed by atoms with Crippen LogP contribution in [-0.2, 0) is 6.42 Å². The first-order valence-corrected chi connectivity index (χ1v) is 4.39. The molecule has 0 spiro atoms. The Bertz CT molecular complexity index is 283. The zero-order valence-electron chi connectivity index (χ0n) is 8.63. The quantitative estimate of drug-likeness (QED) is 0.757. The van der Waals surface area contributed by atoms with Crippen molar-refractivity contribution in [2.45, 2.75) is 13.3 Å². The summed E-state index contributed by atoms with van der Waals surface area (Å²) in [6.07, 6.45) is 2.52. The van der Waals surface area contributed by atoms with Crippen LogP contribution in [0.3, 0.4) is 0 Å². The van der Waals surface area contributed by atoms with Crippen LogP contribution >= 0.6 is 0 Å². The van der Waals surface area contributed by atoms with Crippen LogP contribution < -0.4 is 10.2 Å². The lowest BCUT2D eigenvalue weighted by Gasteiger charge is -2.16. The molecule has 4 nitrogen and oxygen atoms in total. The second kappa shape index (κ2) is 4.07. The molecule has 0 fully saturated rings. The molecule has 0 unspecified atom stereocenters. The molecule has 1 rings (SSSR count). The maximum atomic E-state index is 4.23. The van der Waals surface area contributed by atoms with Crippen molar-refractivity contribution >= 4 is 11.6 Å². The predicted molar refractivity (Wildman–Crippen MR) is 55.3 cm³/mol. The lowest BCUT2D eigenvalue weighted by Crippen LogP contribution is -2.15. The van der Waals surface area contributed by atoms with Gasteiger partial charge in [0, 0.05) is 26.7 Å². The van der Waals surface area contributed by atoms with Crippen LogP contribution in [0, 0.1) is 0 Å². The predicted octanol–water partition coefficient (Wildman–Crippen LogP) is 1.15. The first kappa shape index (κ1) is 9.77. The van der Waals surface area contributed by atoms with Crippen LogP contribution in [0.4, 0.5) is 11.6 Å². The largest absolute Gasteiger partial charge is 0.373 e. The van der Waals surface area contributed by atoms with E-state index in [1.807, 2.05) is 26.0 Å². The fourth-order valence-corrected chi connectivity index (χ4v) is 1.33. The third-order valence-electron chi connectivity index (χ3n) is 1.94. The number of nitrogens with one attached hydrogen (secondary N) is 1. The molecule has 1 heterocycles. The van der Waals surface area contributed by atoms with Crippen LogP contribution in [0.2, 0.25) is 0 Å². The second-order valence-corrected chi connectivity index (χ2v) is 3.02. The van der Waals surface area contributed by atoms with Gasteiger partial charge in [0.15, 0.2) is 0 Å². The average molecular weight is 180 g/mol. The van der Waals surface area contributed by atoms with E-state index in [2.05, 4.69) is 22.2 Å².